The van der Waals surface area contributed by atoms with Crippen LogP contribution in [0.2, 0.25) is 0 Å². The molecule has 614 valence electrons. The zero-order chi connectivity index (χ0) is 86.6. The van der Waals surface area contributed by atoms with Gasteiger partial charge >= 0.3 is 0 Å². The Morgan fingerprint density at radius 1 is 0.186 bits per heavy atom. The van der Waals surface area contributed by atoms with Gasteiger partial charge in [-0.2, -0.15) is 0 Å². The molecule has 0 unspecified atom stereocenters. The molecule has 0 amide bonds. The minimum absolute atomic E-state index is 0.0458. The second-order valence-corrected chi connectivity index (χ2v) is 38.9. The molecule has 22 aromatic carbocycles. The number of nitrogens with zero attached hydrogens (tertiary/aromatic N) is 3. The lowest BCUT2D eigenvalue weighted by Gasteiger charge is -2.30. The van der Waals surface area contributed by atoms with Crippen LogP contribution in [0.3, 0.4) is 0 Å². The van der Waals surface area contributed by atoms with Gasteiger partial charge in [0.15, 0.2) is 0 Å². The van der Waals surface area contributed by atoms with Crippen molar-refractivity contribution in [2.24, 2.45) is 0 Å². The van der Waals surface area contributed by atoms with Gasteiger partial charge in [-0.25, -0.2) is 0 Å². The highest BCUT2D eigenvalue weighted by molar-refractivity contribution is 8.00. The standard InChI is InChI=1S/C43H33NS.C42H29NS.C38H27NS/c1-26-17-20-33-34(23-26)42(28-19-22-40-38(25-28)44(4)37-15-9-10-16-39(37)45-40)32-13-6-5-12-31(32)41(33)27-18-21-30-29-11-7-8-14-35(29)43(2,3)36(30)24-27;1-26-19-21-34-35(23-26)41(28-20-22-40-38(25-28)43(2)37-17-9-10-18-39(37)44-40)32-15-7-8-16-33(32)42(34)36-24-27-11-3-4-12-29(27)30-13-5-6-14-31(30)36;1-24-18-20-31-32(22-24)37(26-19-21-36-34(23-26)39(2)33-16-7-8-17-35(33)40-36)29-13-5-6-14-30(29)38(31)28-15-9-11-25-10-3-4-12-27(25)28/h5-25H,1-4H3;3-25H,1-2H3;3-23H,1-2H3. The van der Waals surface area contributed by atoms with Gasteiger partial charge < -0.3 is 14.7 Å². The van der Waals surface area contributed by atoms with E-state index >= 15 is 0 Å². The summed E-state index contributed by atoms with van der Waals surface area (Å²) in [6.07, 6.45) is 0. The van der Waals surface area contributed by atoms with E-state index in [-0.39, 0.29) is 5.41 Å². The highest BCUT2D eigenvalue weighted by Gasteiger charge is 2.37. The van der Waals surface area contributed by atoms with E-state index in [0.717, 1.165) is 0 Å². The van der Waals surface area contributed by atoms with Crippen LogP contribution in [0.25, 0.3) is 175 Å². The number of rotatable bonds is 6. The Labute approximate surface area is 765 Å². The highest BCUT2D eigenvalue weighted by atomic mass is 32.2. The monoisotopic (exact) mass is 1700 g/mol. The van der Waals surface area contributed by atoms with E-state index in [0.29, 0.717) is 0 Å². The zero-order valence-corrected chi connectivity index (χ0v) is 75.5. The molecule has 0 saturated heterocycles. The Bertz CT molecular complexity index is 8500. The fourth-order valence-electron chi connectivity index (χ4n) is 21.5. The summed E-state index contributed by atoms with van der Waals surface area (Å²) in [7, 11) is 6.57. The lowest BCUT2D eigenvalue weighted by Crippen LogP contribution is -2.14. The third-order valence-electron chi connectivity index (χ3n) is 27.7. The van der Waals surface area contributed by atoms with Crippen LogP contribution in [-0.4, -0.2) is 21.1 Å². The van der Waals surface area contributed by atoms with Gasteiger partial charge in [-0.1, -0.05) is 375 Å². The molecular weight excluding hydrogens is 1620 g/mol. The smallest absolute Gasteiger partial charge is 0.0556 e. The molecule has 0 spiro atoms. The van der Waals surface area contributed by atoms with Crippen molar-refractivity contribution >= 4 is 166 Å². The molecule has 129 heavy (non-hydrogen) atoms. The maximum atomic E-state index is 2.47. The van der Waals surface area contributed by atoms with E-state index in [4.69, 9.17) is 0 Å². The molecule has 3 aliphatic heterocycles. The van der Waals surface area contributed by atoms with Crippen molar-refractivity contribution in [1.29, 1.82) is 0 Å². The van der Waals surface area contributed by atoms with Crippen molar-refractivity contribution in [3.63, 3.8) is 0 Å². The molecule has 0 N–H and O–H groups in total. The largest absolute Gasteiger partial charge is 0.343 e. The highest BCUT2D eigenvalue weighted by Crippen LogP contribution is 2.58. The first kappa shape index (κ1) is 78.1. The number of hydrogen-bond donors (Lipinski definition) is 0. The second-order valence-electron chi connectivity index (χ2n) is 35.6. The van der Waals surface area contributed by atoms with Crippen molar-refractivity contribution in [1.82, 2.24) is 0 Å². The fourth-order valence-corrected chi connectivity index (χ4v) is 24.9. The van der Waals surface area contributed by atoms with Crippen molar-refractivity contribution in [2.75, 3.05) is 35.8 Å². The minimum atomic E-state index is -0.0458. The lowest BCUT2D eigenvalue weighted by atomic mass is 9.80. The summed E-state index contributed by atoms with van der Waals surface area (Å²) in [6, 6.07) is 147. The van der Waals surface area contributed by atoms with Crippen LogP contribution in [0, 0.1) is 20.8 Å². The molecule has 0 aromatic heterocycles. The number of hydrogen-bond acceptors (Lipinski definition) is 6. The maximum absolute atomic E-state index is 2.47. The SMILES string of the molecule is Cc1ccc2c(-c3cc4ccccc4c4ccccc34)c3ccccc3c(-c3ccc4c(c3)N(C)c3ccccc3S4)c2c1.Cc1ccc2c(-c3ccc4c(c3)C(C)(C)c3ccccc3-4)c3ccccc3c(-c3ccc4c(c3)N(C)c3ccccc3S4)c2c1.Cc1ccc2c(-c3cccc4ccccc34)c3ccccc3c(-c3ccc4c(c3)N(C)c3ccccc3S4)c2c1. The third kappa shape index (κ3) is 12.8. The van der Waals surface area contributed by atoms with E-state index in [1.165, 1.54) is 266 Å². The van der Waals surface area contributed by atoms with E-state index in [1.54, 1.807) is 0 Å². The molecule has 0 bridgehead atoms. The van der Waals surface area contributed by atoms with Crippen molar-refractivity contribution in [2.45, 2.75) is 69.4 Å². The first-order valence-corrected chi connectivity index (χ1v) is 47.1. The molecule has 0 saturated carbocycles. The molecule has 0 atom stereocenters. The molecule has 6 heteroatoms. The summed E-state index contributed by atoms with van der Waals surface area (Å²) < 4.78 is 0. The van der Waals surface area contributed by atoms with E-state index in [9.17, 15) is 0 Å². The van der Waals surface area contributed by atoms with Crippen LogP contribution in [0.5, 0.6) is 0 Å². The van der Waals surface area contributed by atoms with Gasteiger partial charge in [0.25, 0.3) is 0 Å². The minimum Gasteiger partial charge on any atom is -0.343 e. The lowest BCUT2D eigenvalue weighted by molar-refractivity contribution is 0.660. The maximum Gasteiger partial charge on any atom is 0.0556 e. The molecule has 1 aliphatic carbocycles. The van der Waals surface area contributed by atoms with Crippen LogP contribution in [0.15, 0.2) is 424 Å². The predicted octanol–water partition coefficient (Wildman–Crippen LogP) is 35.4. The van der Waals surface area contributed by atoms with Crippen molar-refractivity contribution < 1.29 is 0 Å². The summed E-state index contributed by atoms with van der Waals surface area (Å²) in [5, 5.41) is 23.2. The molecule has 0 radical (unpaired) electrons. The number of aryl methyl sites for hydroxylation is 3. The number of benzene rings is 22. The van der Waals surface area contributed by atoms with Gasteiger partial charge in [-0.3, -0.25) is 0 Å². The average Bonchev–Trinajstić information content (AvgIpc) is 1.52. The van der Waals surface area contributed by atoms with Crippen LogP contribution < -0.4 is 14.7 Å². The van der Waals surface area contributed by atoms with Crippen molar-refractivity contribution in [3.05, 3.63) is 422 Å². The Kier molecular flexibility index (Phi) is 18.8. The fraction of sp³-hybridized carbons (Fsp3) is 0.0732. The normalized spacial score (nSPS) is 13.2. The quantitative estimate of drug-likeness (QED) is 0.120. The summed E-state index contributed by atoms with van der Waals surface area (Å²) in [5.74, 6) is 0. The van der Waals surface area contributed by atoms with Crippen LogP contribution in [-0.2, 0) is 5.41 Å². The molecule has 0 fully saturated rings. The predicted molar refractivity (Wildman–Crippen MR) is 557 cm³/mol. The summed E-state index contributed by atoms with van der Waals surface area (Å²) in [6.45, 7) is 11.4. The summed E-state index contributed by atoms with van der Waals surface area (Å²) >= 11 is 5.58. The molecule has 26 rings (SSSR count). The second kappa shape index (κ2) is 31.0. The topological polar surface area (TPSA) is 9.72 Å². The number of fused-ring (bicyclic) bond motifs is 19. The van der Waals surface area contributed by atoms with Crippen LogP contribution in [0.4, 0.5) is 34.1 Å². The molecule has 3 heterocycles. The van der Waals surface area contributed by atoms with Gasteiger partial charge in [0.1, 0.15) is 0 Å². The van der Waals surface area contributed by atoms with Gasteiger partial charge in [-0.05, 0) is 292 Å². The molecule has 4 aliphatic rings. The first-order chi connectivity index (χ1) is 63.2. The number of para-hydroxylation sites is 3. The van der Waals surface area contributed by atoms with Gasteiger partial charge in [-0.15, -0.1) is 0 Å². The Morgan fingerprint density at radius 2 is 0.496 bits per heavy atom. The van der Waals surface area contributed by atoms with Gasteiger partial charge in [0, 0.05) is 55.9 Å². The van der Waals surface area contributed by atoms with Gasteiger partial charge in [0.05, 0.1) is 34.1 Å². The Balaban J connectivity index is 0.000000108. The number of anilines is 6. The summed E-state index contributed by atoms with van der Waals surface area (Å²) in [5.41, 5.74) is 32.3. The van der Waals surface area contributed by atoms with E-state index in [1.807, 2.05) is 35.3 Å². The van der Waals surface area contributed by atoms with E-state index < -0.39 is 0 Å². The average molecular weight is 1710 g/mol. The molecule has 3 nitrogen and oxygen atoms in total. The first-order valence-electron chi connectivity index (χ1n) is 44.7. The zero-order valence-electron chi connectivity index (χ0n) is 73.1. The molecular formula is C123H89N3S3. The summed E-state index contributed by atoms with van der Waals surface area (Å²) in [4.78, 5) is 14.8. The van der Waals surface area contributed by atoms with Crippen LogP contribution in [0.1, 0.15) is 41.7 Å². The molecule has 22 aromatic rings. The Hall–Kier alpha value is -14.4. The van der Waals surface area contributed by atoms with Crippen LogP contribution >= 0.6 is 35.3 Å². The van der Waals surface area contributed by atoms with Crippen molar-refractivity contribution in [3.8, 4) is 77.9 Å². The Morgan fingerprint density at radius 3 is 0.969 bits per heavy atom. The van der Waals surface area contributed by atoms with Gasteiger partial charge in [0.2, 0.25) is 0 Å². The third-order valence-corrected chi connectivity index (χ3v) is 31.1. The van der Waals surface area contributed by atoms with E-state index in [2.05, 4.69) is 465 Å².